The highest BCUT2D eigenvalue weighted by Crippen LogP contribution is 2.37. The Morgan fingerprint density at radius 2 is 1.57 bits per heavy atom. The Labute approximate surface area is 302 Å². The summed E-state index contributed by atoms with van der Waals surface area (Å²) in [7, 11) is -4.17. The van der Waals surface area contributed by atoms with E-state index in [1.165, 1.54) is 36.6 Å². The zero-order chi connectivity index (χ0) is 37.9. The number of benzene rings is 3. The molecular formula is C37H35F5N4O6S. The van der Waals surface area contributed by atoms with Crippen molar-refractivity contribution < 1.29 is 49.5 Å². The predicted octanol–water partition coefficient (Wildman–Crippen LogP) is 6.69. The SMILES string of the molecule is CONC(=O)c1ccc(N(Cc2ccc(C3CCCCC3)cn2)C(=O)C2CCN2S(=O)(=O)c2c(F)c(F)c(F)c(F)c2F)cc1OCc1ccccc1. The molecule has 1 unspecified atom stereocenters. The lowest BCUT2D eigenvalue weighted by Gasteiger charge is -2.41. The molecule has 10 nitrogen and oxygen atoms in total. The number of rotatable bonds is 12. The molecular weight excluding hydrogens is 723 g/mol. The number of sulfonamides is 1. The van der Waals surface area contributed by atoms with E-state index in [1.807, 2.05) is 12.1 Å². The second-order valence-electron chi connectivity index (χ2n) is 12.8. The maximum Gasteiger partial charge on any atom is 0.278 e. The fourth-order valence-electron chi connectivity index (χ4n) is 6.54. The molecule has 1 saturated heterocycles. The van der Waals surface area contributed by atoms with Gasteiger partial charge < -0.3 is 9.64 Å². The van der Waals surface area contributed by atoms with E-state index in [4.69, 9.17) is 9.57 Å². The molecule has 1 atom stereocenters. The van der Waals surface area contributed by atoms with Crippen molar-refractivity contribution in [3.05, 3.63) is 118 Å². The molecule has 280 valence electrons. The molecule has 2 aliphatic rings. The Bertz CT molecular complexity index is 2070. The molecule has 0 bridgehead atoms. The molecule has 3 aromatic carbocycles. The van der Waals surface area contributed by atoms with E-state index in [9.17, 15) is 40.0 Å². The number of halogens is 5. The average Bonchev–Trinajstić information content (AvgIpc) is 3.14. The number of anilines is 1. The monoisotopic (exact) mass is 758 g/mol. The minimum absolute atomic E-state index is 0.0201. The molecule has 1 aliphatic heterocycles. The maximum absolute atomic E-state index is 14.7. The third-order valence-corrected chi connectivity index (χ3v) is 11.4. The maximum atomic E-state index is 14.7. The molecule has 2 heterocycles. The number of aromatic nitrogens is 1. The predicted molar refractivity (Wildman–Crippen MR) is 181 cm³/mol. The molecule has 2 fully saturated rings. The topological polar surface area (TPSA) is 118 Å². The van der Waals surface area contributed by atoms with E-state index in [-0.39, 0.29) is 36.6 Å². The van der Waals surface area contributed by atoms with Gasteiger partial charge in [-0.05, 0) is 54.5 Å². The Hall–Kier alpha value is -4.93. The van der Waals surface area contributed by atoms with E-state index >= 15 is 0 Å². The summed E-state index contributed by atoms with van der Waals surface area (Å²) >= 11 is 0. The lowest BCUT2D eigenvalue weighted by Crippen LogP contribution is -2.59. The molecule has 0 radical (unpaired) electrons. The van der Waals surface area contributed by atoms with Gasteiger partial charge in [-0.15, -0.1) is 0 Å². The molecule has 1 aromatic heterocycles. The minimum atomic E-state index is -5.42. The zero-order valence-corrected chi connectivity index (χ0v) is 29.3. The lowest BCUT2D eigenvalue weighted by molar-refractivity contribution is -0.125. The Balaban J connectivity index is 1.37. The largest absolute Gasteiger partial charge is 0.488 e. The van der Waals surface area contributed by atoms with E-state index in [0.29, 0.717) is 15.9 Å². The van der Waals surface area contributed by atoms with E-state index in [2.05, 4.69) is 10.5 Å². The highest BCUT2D eigenvalue weighted by atomic mass is 32.2. The van der Waals surface area contributed by atoms with Gasteiger partial charge in [-0.2, -0.15) is 4.31 Å². The number of hydrogen-bond acceptors (Lipinski definition) is 7. The number of amides is 2. The van der Waals surface area contributed by atoms with Crippen LogP contribution in [0.15, 0.2) is 71.8 Å². The van der Waals surface area contributed by atoms with Gasteiger partial charge in [0.2, 0.25) is 21.7 Å². The van der Waals surface area contributed by atoms with Gasteiger partial charge >= 0.3 is 0 Å². The first-order chi connectivity index (χ1) is 25.4. The highest BCUT2D eigenvalue weighted by molar-refractivity contribution is 7.89. The molecule has 1 aliphatic carbocycles. The van der Waals surface area contributed by atoms with Gasteiger partial charge in [0.25, 0.3) is 5.91 Å². The third-order valence-electron chi connectivity index (χ3n) is 9.46. The van der Waals surface area contributed by atoms with Gasteiger partial charge in [-0.3, -0.25) is 19.4 Å². The Kier molecular flexibility index (Phi) is 11.4. The summed E-state index contributed by atoms with van der Waals surface area (Å²) in [6.45, 7) is -0.646. The van der Waals surface area contributed by atoms with Gasteiger partial charge in [-0.25, -0.2) is 35.8 Å². The van der Waals surface area contributed by atoms with Crippen LogP contribution < -0.4 is 15.1 Å². The van der Waals surface area contributed by atoms with Crippen LogP contribution in [-0.4, -0.2) is 49.2 Å². The van der Waals surface area contributed by atoms with Crippen LogP contribution in [0, 0.1) is 29.1 Å². The van der Waals surface area contributed by atoms with Crippen molar-refractivity contribution in [2.24, 2.45) is 0 Å². The molecule has 4 aromatic rings. The number of pyridine rings is 1. The van der Waals surface area contributed by atoms with E-state index in [1.54, 1.807) is 36.5 Å². The van der Waals surface area contributed by atoms with Crippen molar-refractivity contribution >= 4 is 27.5 Å². The smallest absolute Gasteiger partial charge is 0.278 e. The normalized spacial score (nSPS) is 16.5. The number of ether oxygens (including phenoxy) is 1. The average molecular weight is 759 g/mol. The summed E-state index contributed by atoms with van der Waals surface area (Å²) in [5, 5.41) is 0. The Morgan fingerprint density at radius 1 is 0.887 bits per heavy atom. The highest BCUT2D eigenvalue weighted by Gasteiger charge is 2.48. The number of hydroxylamine groups is 1. The summed E-state index contributed by atoms with van der Waals surface area (Å²) < 4.78 is 105. The fourth-order valence-corrected chi connectivity index (χ4v) is 8.28. The van der Waals surface area contributed by atoms with Crippen molar-refractivity contribution in [1.82, 2.24) is 14.8 Å². The summed E-state index contributed by atoms with van der Waals surface area (Å²) in [6, 6.07) is 15.2. The van der Waals surface area contributed by atoms with E-state index < -0.39 is 68.4 Å². The van der Waals surface area contributed by atoms with Gasteiger partial charge in [0.15, 0.2) is 28.2 Å². The molecule has 6 rings (SSSR count). The first kappa shape index (κ1) is 37.8. The fraction of sp³-hybridized carbons (Fsp3) is 0.324. The van der Waals surface area contributed by atoms with Crippen molar-refractivity contribution in [3.63, 3.8) is 0 Å². The van der Waals surface area contributed by atoms with Gasteiger partial charge in [0.1, 0.15) is 18.4 Å². The molecule has 16 heteroatoms. The standard InChI is InChI=1S/C37H35F5N4O6S/c1-51-44-36(47)27-15-14-26(18-29(27)52-21-22-8-4-2-5-9-22)45(20-25-13-12-24(19-43-25)23-10-6-3-7-11-23)37(48)28-16-17-46(28)53(49,50)35-33(41)31(39)30(38)32(40)34(35)42/h2,4-5,8-9,12-15,18-19,23,28H,3,6-7,10-11,16-17,20-21H2,1H3,(H,44,47). The van der Waals surface area contributed by atoms with Gasteiger partial charge in [-0.1, -0.05) is 55.7 Å². The minimum Gasteiger partial charge on any atom is -0.488 e. The summed E-state index contributed by atoms with van der Waals surface area (Å²) in [6.07, 6.45) is 7.01. The van der Waals surface area contributed by atoms with Crippen LogP contribution in [0.5, 0.6) is 5.75 Å². The molecule has 0 spiro atoms. The molecule has 53 heavy (non-hydrogen) atoms. The van der Waals surface area contributed by atoms with Crippen LogP contribution in [0.25, 0.3) is 0 Å². The summed E-state index contributed by atoms with van der Waals surface area (Å²) in [5.41, 5.74) is 4.58. The second kappa shape index (κ2) is 16.0. The number of carbonyl (C=O) groups excluding carboxylic acids is 2. The van der Waals surface area contributed by atoms with Crippen molar-refractivity contribution in [2.75, 3.05) is 18.6 Å². The van der Waals surface area contributed by atoms with Crippen LogP contribution >= 0.6 is 0 Å². The van der Waals surface area contributed by atoms with Crippen LogP contribution in [-0.2, 0) is 32.8 Å². The summed E-state index contributed by atoms with van der Waals surface area (Å²) in [4.78, 5) is 35.7. The van der Waals surface area contributed by atoms with Crippen LogP contribution in [0.3, 0.4) is 0 Å². The number of carbonyl (C=O) groups is 2. The summed E-state index contributed by atoms with van der Waals surface area (Å²) in [5.74, 6) is -13.6. The first-order valence-electron chi connectivity index (χ1n) is 16.9. The van der Waals surface area contributed by atoms with Crippen LogP contribution in [0.2, 0.25) is 0 Å². The number of nitrogens with one attached hydrogen (secondary N) is 1. The molecule has 2 amide bonds. The molecule has 1 N–H and O–H groups in total. The quantitative estimate of drug-likeness (QED) is 0.0741. The number of hydrogen-bond donors (Lipinski definition) is 1. The van der Waals surface area contributed by atoms with E-state index in [0.717, 1.165) is 36.8 Å². The third kappa shape index (κ3) is 7.75. The van der Waals surface area contributed by atoms with Crippen molar-refractivity contribution in [1.29, 1.82) is 0 Å². The zero-order valence-electron chi connectivity index (χ0n) is 28.5. The number of nitrogens with zero attached hydrogens (tertiary/aromatic N) is 3. The second-order valence-corrected chi connectivity index (χ2v) is 14.6. The van der Waals surface area contributed by atoms with Crippen LogP contribution in [0.4, 0.5) is 27.6 Å². The lowest BCUT2D eigenvalue weighted by atomic mass is 9.85. The van der Waals surface area contributed by atoms with Crippen LogP contribution in [0.1, 0.15) is 71.6 Å². The van der Waals surface area contributed by atoms with Crippen molar-refractivity contribution in [2.45, 2.75) is 68.5 Å². The van der Waals surface area contributed by atoms with Crippen molar-refractivity contribution in [3.8, 4) is 5.75 Å². The Morgan fingerprint density at radius 3 is 2.17 bits per heavy atom. The van der Waals surface area contributed by atoms with Gasteiger partial charge in [0, 0.05) is 24.5 Å². The van der Waals surface area contributed by atoms with Gasteiger partial charge in [0.05, 0.1) is 24.9 Å². The molecule has 1 saturated carbocycles. The first-order valence-corrected chi connectivity index (χ1v) is 18.3.